The van der Waals surface area contributed by atoms with E-state index in [0.29, 0.717) is 16.5 Å². The minimum atomic E-state index is -0.562. The third kappa shape index (κ3) is 1.95. The molecule has 1 aromatic heterocycles. The second-order valence-corrected chi connectivity index (χ2v) is 4.37. The summed E-state index contributed by atoms with van der Waals surface area (Å²) in [4.78, 5) is 11.9. The molecular formula is C15H10O5. The first-order chi connectivity index (χ1) is 9.54. The first-order valence-corrected chi connectivity index (χ1v) is 5.84. The van der Waals surface area contributed by atoms with Crippen LogP contribution in [0, 0.1) is 0 Å². The largest absolute Gasteiger partial charge is 0.508 e. The van der Waals surface area contributed by atoms with Gasteiger partial charge in [0.05, 0.1) is 5.56 Å². The molecule has 0 aliphatic rings. The first kappa shape index (κ1) is 12.1. The van der Waals surface area contributed by atoms with Crippen molar-refractivity contribution in [2.45, 2.75) is 0 Å². The van der Waals surface area contributed by atoms with E-state index in [1.807, 2.05) is 0 Å². The van der Waals surface area contributed by atoms with Crippen LogP contribution in [0.25, 0.3) is 22.1 Å². The molecule has 0 radical (unpaired) electrons. The Bertz CT molecular complexity index is 864. The second kappa shape index (κ2) is 4.31. The molecule has 0 fully saturated rings. The van der Waals surface area contributed by atoms with Gasteiger partial charge < -0.3 is 19.7 Å². The van der Waals surface area contributed by atoms with Gasteiger partial charge >= 0.3 is 5.63 Å². The Kier molecular flexibility index (Phi) is 2.61. The van der Waals surface area contributed by atoms with Gasteiger partial charge in [0.1, 0.15) is 11.3 Å². The van der Waals surface area contributed by atoms with Crippen molar-refractivity contribution in [3.8, 4) is 28.4 Å². The number of hydrogen-bond donors (Lipinski definition) is 3. The zero-order chi connectivity index (χ0) is 14.3. The number of rotatable bonds is 1. The lowest BCUT2D eigenvalue weighted by atomic mass is 10.1. The molecule has 0 unspecified atom stereocenters. The predicted octanol–water partition coefficient (Wildman–Crippen LogP) is 2.58. The highest BCUT2D eigenvalue weighted by atomic mass is 16.4. The highest BCUT2D eigenvalue weighted by Gasteiger charge is 2.10. The molecule has 0 saturated carbocycles. The Morgan fingerprint density at radius 1 is 0.850 bits per heavy atom. The molecule has 3 rings (SSSR count). The summed E-state index contributed by atoms with van der Waals surface area (Å²) < 4.78 is 5.16. The molecule has 0 atom stereocenters. The normalized spacial score (nSPS) is 10.8. The van der Waals surface area contributed by atoms with Crippen LogP contribution in [0.5, 0.6) is 17.2 Å². The van der Waals surface area contributed by atoms with Crippen molar-refractivity contribution in [1.29, 1.82) is 0 Å². The van der Waals surface area contributed by atoms with Gasteiger partial charge in [0.15, 0.2) is 11.5 Å². The first-order valence-electron chi connectivity index (χ1n) is 5.84. The minimum Gasteiger partial charge on any atom is -0.508 e. The average molecular weight is 270 g/mol. The molecule has 0 spiro atoms. The van der Waals surface area contributed by atoms with E-state index in [-0.39, 0.29) is 22.8 Å². The van der Waals surface area contributed by atoms with Crippen LogP contribution in [0.2, 0.25) is 0 Å². The van der Waals surface area contributed by atoms with Gasteiger partial charge in [-0.15, -0.1) is 0 Å². The molecule has 20 heavy (non-hydrogen) atoms. The number of phenols is 3. The third-order valence-corrected chi connectivity index (χ3v) is 3.00. The fraction of sp³-hybridized carbons (Fsp3) is 0. The van der Waals surface area contributed by atoms with Gasteiger partial charge in [-0.3, -0.25) is 0 Å². The van der Waals surface area contributed by atoms with Crippen molar-refractivity contribution in [3.05, 3.63) is 52.9 Å². The second-order valence-electron chi connectivity index (χ2n) is 4.37. The molecule has 2 aromatic carbocycles. The number of hydrogen-bond acceptors (Lipinski definition) is 5. The maximum absolute atomic E-state index is 11.9. The standard InChI is InChI=1S/C15H10O5/c16-10-2-4-14-9(5-10)6-11(15(19)20-14)8-1-3-12(17)13(18)7-8/h1-7,16-18H. The van der Waals surface area contributed by atoms with Crippen molar-refractivity contribution >= 4 is 11.0 Å². The van der Waals surface area contributed by atoms with E-state index in [4.69, 9.17) is 4.42 Å². The summed E-state index contributed by atoms with van der Waals surface area (Å²) in [6.45, 7) is 0. The highest BCUT2D eigenvalue weighted by molar-refractivity contribution is 5.83. The maximum atomic E-state index is 11.9. The lowest BCUT2D eigenvalue weighted by Crippen LogP contribution is -2.02. The summed E-state index contributed by atoms with van der Waals surface area (Å²) in [5, 5.41) is 28.8. The Hall–Kier alpha value is -2.95. The van der Waals surface area contributed by atoms with Gasteiger partial charge in [-0.2, -0.15) is 0 Å². The number of fused-ring (bicyclic) bond motifs is 1. The molecule has 0 saturated heterocycles. The number of phenolic OH excluding ortho intramolecular Hbond substituents is 3. The zero-order valence-electron chi connectivity index (χ0n) is 10.2. The predicted molar refractivity (Wildman–Crippen MR) is 72.9 cm³/mol. The summed E-state index contributed by atoms with van der Waals surface area (Å²) in [5.74, 6) is -0.527. The van der Waals surface area contributed by atoms with Crippen LogP contribution >= 0.6 is 0 Å². The Morgan fingerprint density at radius 2 is 1.65 bits per heavy atom. The number of benzene rings is 2. The molecule has 0 bridgehead atoms. The topological polar surface area (TPSA) is 90.9 Å². The fourth-order valence-electron chi connectivity index (χ4n) is 2.00. The molecule has 0 aliphatic heterocycles. The molecule has 0 amide bonds. The van der Waals surface area contributed by atoms with Crippen molar-refractivity contribution in [2.75, 3.05) is 0 Å². The average Bonchev–Trinajstić information content (AvgIpc) is 2.42. The van der Waals surface area contributed by atoms with Crippen LogP contribution in [0.4, 0.5) is 0 Å². The maximum Gasteiger partial charge on any atom is 0.344 e. The highest BCUT2D eigenvalue weighted by Crippen LogP contribution is 2.30. The molecule has 5 nitrogen and oxygen atoms in total. The summed E-state index contributed by atoms with van der Waals surface area (Å²) in [5.41, 5.74) is 0.450. The summed E-state index contributed by atoms with van der Waals surface area (Å²) in [7, 11) is 0. The van der Waals surface area contributed by atoms with Crippen molar-refractivity contribution in [1.82, 2.24) is 0 Å². The molecule has 3 aromatic rings. The quantitative estimate of drug-likeness (QED) is 0.467. The van der Waals surface area contributed by atoms with Crippen LogP contribution in [-0.2, 0) is 0 Å². The van der Waals surface area contributed by atoms with Crippen molar-refractivity contribution < 1.29 is 19.7 Å². The lowest BCUT2D eigenvalue weighted by Gasteiger charge is -2.04. The van der Waals surface area contributed by atoms with E-state index < -0.39 is 5.63 Å². The van der Waals surface area contributed by atoms with E-state index >= 15 is 0 Å². The van der Waals surface area contributed by atoms with E-state index in [9.17, 15) is 20.1 Å². The Morgan fingerprint density at radius 3 is 2.40 bits per heavy atom. The molecule has 3 N–H and O–H groups in total. The fourth-order valence-corrected chi connectivity index (χ4v) is 2.00. The van der Waals surface area contributed by atoms with Gasteiger partial charge in [0, 0.05) is 5.39 Å². The molecule has 100 valence electrons. The number of aromatic hydroxyl groups is 3. The van der Waals surface area contributed by atoms with Gasteiger partial charge in [-0.25, -0.2) is 4.79 Å². The molecule has 5 heteroatoms. The SMILES string of the molecule is O=c1oc2ccc(O)cc2cc1-c1ccc(O)c(O)c1. The summed E-state index contributed by atoms with van der Waals surface area (Å²) >= 11 is 0. The van der Waals surface area contributed by atoms with Crippen LogP contribution in [0.15, 0.2) is 51.7 Å². The molecule has 0 aliphatic carbocycles. The van der Waals surface area contributed by atoms with E-state index in [1.165, 1.54) is 36.4 Å². The third-order valence-electron chi connectivity index (χ3n) is 3.00. The van der Waals surface area contributed by atoms with Crippen molar-refractivity contribution in [3.63, 3.8) is 0 Å². The Labute approximate surface area is 113 Å². The van der Waals surface area contributed by atoms with Gasteiger partial charge in [-0.05, 0) is 42.0 Å². The van der Waals surface area contributed by atoms with E-state index in [2.05, 4.69) is 0 Å². The van der Waals surface area contributed by atoms with E-state index in [0.717, 1.165) is 0 Å². The zero-order valence-corrected chi connectivity index (χ0v) is 10.2. The van der Waals surface area contributed by atoms with Crippen LogP contribution < -0.4 is 5.63 Å². The van der Waals surface area contributed by atoms with Gasteiger partial charge in [0.2, 0.25) is 0 Å². The van der Waals surface area contributed by atoms with Gasteiger partial charge in [-0.1, -0.05) is 6.07 Å². The van der Waals surface area contributed by atoms with Crippen LogP contribution in [0.1, 0.15) is 0 Å². The summed E-state index contributed by atoms with van der Waals surface area (Å²) in [6, 6.07) is 10.0. The van der Waals surface area contributed by atoms with Gasteiger partial charge in [0.25, 0.3) is 0 Å². The Balaban J connectivity index is 2.27. The van der Waals surface area contributed by atoms with Crippen LogP contribution in [-0.4, -0.2) is 15.3 Å². The molecular weight excluding hydrogens is 260 g/mol. The summed E-state index contributed by atoms with van der Waals surface area (Å²) in [6.07, 6.45) is 0. The van der Waals surface area contributed by atoms with Crippen molar-refractivity contribution in [2.24, 2.45) is 0 Å². The monoisotopic (exact) mass is 270 g/mol. The molecule has 1 heterocycles. The smallest absolute Gasteiger partial charge is 0.344 e. The lowest BCUT2D eigenvalue weighted by molar-refractivity contribution is 0.404. The minimum absolute atomic E-state index is 0.0610. The van der Waals surface area contributed by atoms with E-state index in [1.54, 1.807) is 6.07 Å². The van der Waals surface area contributed by atoms with Crippen LogP contribution in [0.3, 0.4) is 0 Å².